The van der Waals surface area contributed by atoms with Gasteiger partial charge in [-0.05, 0) is 67.9 Å². The predicted molar refractivity (Wildman–Crippen MR) is 128 cm³/mol. The molecule has 8 nitrogen and oxygen atoms in total. The molecular formula is C24H29N5O3ReS. The Morgan fingerprint density at radius 1 is 0.912 bits per heavy atom. The van der Waals surface area contributed by atoms with Crippen molar-refractivity contribution in [1.82, 2.24) is 14.9 Å². The van der Waals surface area contributed by atoms with Crippen molar-refractivity contribution < 1.29 is 34.5 Å². The van der Waals surface area contributed by atoms with Crippen LogP contribution in [0.15, 0.2) is 78.0 Å². The van der Waals surface area contributed by atoms with Crippen LogP contribution < -0.4 is 11.2 Å². The third kappa shape index (κ3) is 10.8. The quantitative estimate of drug-likeness (QED) is 0.114. The van der Waals surface area contributed by atoms with E-state index < -0.39 is 0 Å². The largest absolute Gasteiger partial charge is 0.326 e. The molecule has 1 aromatic carbocycles. The first-order valence-electron chi connectivity index (χ1n) is 10.8. The first kappa shape index (κ1) is 28.1. The van der Waals surface area contributed by atoms with Crippen LogP contribution in [0.25, 0.3) is 0 Å². The van der Waals surface area contributed by atoms with Crippen molar-refractivity contribution in [2.45, 2.75) is 43.7 Å². The number of unbranched alkanes of at least 4 members (excludes halogenated alkanes) is 2. The molecule has 0 bridgehead atoms. The summed E-state index contributed by atoms with van der Waals surface area (Å²) in [6.45, 7) is 2.46. The molecule has 0 saturated carbocycles. The smallest absolute Gasteiger partial charge is 0.224 e. The fourth-order valence-corrected chi connectivity index (χ4v) is 3.69. The summed E-state index contributed by atoms with van der Waals surface area (Å²) in [5.74, 6) is 4.83. The van der Waals surface area contributed by atoms with E-state index in [1.165, 1.54) is 0 Å². The summed E-state index contributed by atoms with van der Waals surface area (Å²) < 4.78 is 4.60. The van der Waals surface area contributed by atoms with Gasteiger partial charge in [0.1, 0.15) is 0 Å². The molecular weight excluding hydrogens is 625 g/mol. The van der Waals surface area contributed by atoms with Crippen molar-refractivity contribution in [3.63, 3.8) is 0 Å². The maximum absolute atomic E-state index is 12.2. The second-order valence-corrected chi connectivity index (χ2v) is 8.26. The van der Waals surface area contributed by atoms with E-state index in [0.717, 1.165) is 72.9 Å². The van der Waals surface area contributed by atoms with Gasteiger partial charge in [-0.3, -0.25) is 19.7 Å². The summed E-state index contributed by atoms with van der Waals surface area (Å²) >= 11 is 0.999. The summed E-state index contributed by atoms with van der Waals surface area (Å²) in [6.07, 6.45) is 6.94. The Balaban J connectivity index is 0.00000408. The fourth-order valence-electron chi connectivity index (χ4n) is 3.33. The van der Waals surface area contributed by atoms with E-state index in [1.54, 1.807) is 0 Å². The third-order valence-electron chi connectivity index (χ3n) is 4.91. The van der Waals surface area contributed by atoms with Gasteiger partial charge in [0, 0.05) is 62.9 Å². The first-order valence-corrected chi connectivity index (χ1v) is 11.6. The van der Waals surface area contributed by atoms with Crippen molar-refractivity contribution in [3.8, 4) is 0 Å². The van der Waals surface area contributed by atoms with Gasteiger partial charge in [0.2, 0.25) is 5.91 Å². The Kier molecular flexibility index (Phi) is 13.6. The van der Waals surface area contributed by atoms with Gasteiger partial charge in [0.15, 0.2) is 0 Å². The molecule has 1 amide bonds. The second kappa shape index (κ2) is 16.5. The van der Waals surface area contributed by atoms with Crippen LogP contribution in [0.1, 0.15) is 37.1 Å². The Morgan fingerprint density at radius 2 is 1.56 bits per heavy atom. The summed E-state index contributed by atoms with van der Waals surface area (Å²) in [6, 6.07) is 19.2. The number of nitrogens with zero attached hydrogens (tertiary/aromatic N) is 3. The number of aromatic nitrogens is 2. The van der Waals surface area contributed by atoms with Crippen LogP contribution in [-0.4, -0.2) is 27.3 Å². The third-order valence-corrected chi connectivity index (χ3v) is 5.52. The number of benzene rings is 1. The van der Waals surface area contributed by atoms with Crippen molar-refractivity contribution in [1.29, 1.82) is 0 Å². The summed E-state index contributed by atoms with van der Waals surface area (Å²) in [5, 5.41) is 2.92. The van der Waals surface area contributed by atoms with Crippen LogP contribution in [-0.2, 0) is 47.6 Å². The van der Waals surface area contributed by atoms with E-state index in [1.807, 2.05) is 73.1 Å². The van der Waals surface area contributed by atoms with Crippen LogP contribution in [0.2, 0.25) is 0 Å². The van der Waals surface area contributed by atoms with Crippen LogP contribution in [0.3, 0.4) is 0 Å². The van der Waals surface area contributed by atoms with Gasteiger partial charge < -0.3 is 5.32 Å². The van der Waals surface area contributed by atoms with E-state index in [4.69, 9.17) is 5.90 Å². The number of carbonyl (C=O) groups excluding carboxylic acids is 1. The van der Waals surface area contributed by atoms with E-state index >= 15 is 0 Å². The zero-order valence-corrected chi connectivity index (χ0v) is 22.3. The Hall–Kier alpha value is -2.16. The SMILES string of the molecule is NOOSc1ccc(NC(=O)CCCCCN(Cc2ccccn2)Cc2ccccn2)cc1.[Re]. The topological polar surface area (TPSA) is 103 Å². The molecule has 34 heavy (non-hydrogen) atoms. The number of nitrogens with two attached hydrogens (primary N) is 1. The monoisotopic (exact) mass is 654 g/mol. The summed E-state index contributed by atoms with van der Waals surface area (Å²) in [4.78, 5) is 28.4. The van der Waals surface area contributed by atoms with Gasteiger partial charge in [-0.1, -0.05) is 18.6 Å². The minimum Gasteiger partial charge on any atom is -0.326 e. The maximum Gasteiger partial charge on any atom is 0.224 e. The van der Waals surface area contributed by atoms with Gasteiger partial charge in [0.25, 0.3) is 0 Å². The normalized spacial score (nSPS) is 10.6. The number of hydrogen-bond acceptors (Lipinski definition) is 8. The molecule has 0 spiro atoms. The molecule has 0 aliphatic rings. The first-order chi connectivity index (χ1) is 16.2. The molecule has 2 aromatic heterocycles. The van der Waals surface area contributed by atoms with Gasteiger partial charge in [-0.15, -0.1) is 9.32 Å². The molecule has 1 radical (unpaired) electrons. The number of rotatable bonds is 14. The predicted octanol–water partition coefficient (Wildman–Crippen LogP) is 4.50. The molecule has 181 valence electrons. The number of hydrogen-bond donors (Lipinski definition) is 2. The molecule has 10 heteroatoms. The number of nitrogens with one attached hydrogen (secondary N) is 1. The van der Waals surface area contributed by atoms with Crippen LogP contribution >= 0.6 is 12.0 Å². The minimum atomic E-state index is 0. The minimum absolute atomic E-state index is 0. The average molecular weight is 654 g/mol. The van der Waals surface area contributed by atoms with E-state index in [2.05, 4.69) is 29.5 Å². The molecule has 0 atom stereocenters. The van der Waals surface area contributed by atoms with Crippen molar-refractivity contribution in [2.24, 2.45) is 5.90 Å². The molecule has 3 rings (SSSR count). The van der Waals surface area contributed by atoms with E-state index in [-0.39, 0.29) is 26.3 Å². The molecule has 2 heterocycles. The molecule has 0 fully saturated rings. The van der Waals surface area contributed by atoms with E-state index in [0.29, 0.717) is 6.42 Å². The number of amides is 1. The average Bonchev–Trinajstić information content (AvgIpc) is 2.84. The van der Waals surface area contributed by atoms with Gasteiger partial charge in [-0.2, -0.15) is 5.90 Å². The van der Waals surface area contributed by atoms with Crippen LogP contribution in [0.5, 0.6) is 0 Å². The summed E-state index contributed by atoms with van der Waals surface area (Å²) in [5.41, 5.74) is 2.83. The van der Waals surface area contributed by atoms with Gasteiger partial charge in [-0.25, -0.2) is 0 Å². The van der Waals surface area contributed by atoms with Crippen molar-refractivity contribution >= 4 is 23.6 Å². The fraction of sp³-hybridized carbons (Fsp3) is 0.292. The molecule has 0 aliphatic carbocycles. The van der Waals surface area contributed by atoms with E-state index in [9.17, 15) is 4.79 Å². The molecule has 3 N–H and O–H groups in total. The van der Waals surface area contributed by atoms with Crippen LogP contribution in [0, 0.1) is 0 Å². The maximum atomic E-state index is 12.2. The Bertz CT molecular complexity index is 910. The molecule has 0 aliphatic heterocycles. The van der Waals surface area contributed by atoms with Crippen molar-refractivity contribution in [3.05, 3.63) is 84.4 Å². The zero-order chi connectivity index (χ0) is 23.1. The number of carbonyl (C=O) groups is 1. The number of pyridine rings is 2. The second-order valence-electron chi connectivity index (χ2n) is 7.48. The van der Waals surface area contributed by atoms with Crippen molar-refractivity contribution in [2.75, 3.05) is 11.9 Å². The summed E-state index contributed by atoms with van der Waals surface area (Å²) in [7, 11) is 0. The molecule has 3 aromatic rings. The van der Waals surface area contributed by atoms with Gasteiger partial charge >= 0.3 is 0 Å². The number of anilines is 1. The molecule has 0 unspecified atom stereocenters. The van der Waals surface area contributed by atoms with Gasteiger partial charge in [0.05, 0.1) is 23.4 Å². The Morgan fingerprint density at radius 3 is 2.12 bits per heavy atom. The molecule has 0 saturated heterocycles. The standard InChI is InChI=1S/C24H29N5O3S.Re/c25-31-32-33-23-13-11-20(12-14-23)28-24(30)10-2-1-7-17-29(18-21-8-3-5-15-26-21)19-22-9-4-6-16-27-22;/h3-6,8-9,11-16H,1-2,7,10,17-19,25H2,(H,28,30);. The van der Waals surface area contributed by atoms with Crippen LogP contribution in [0.4, 0.5) is 5.69 Å². The Labute approximate surface area is 218 Å². The zero-order valence-electron chi connectivity index (χ0n) is 18.8.